The van der Waals surface area contributed by atoms with Gasteiger partial charge in [0.05, 0.1) is 0 Å². The molecule has 0 aliphatic carbocycles. The molecular formula is C16H22BrNO2. The molecule has 0 aliphatic heterocycles. The van der Waals surface area contributed by atoms with E-state index in [2.05, 4.69) is 22.0 Å². The van der Waals surface area contributed by atoms with Gasteiger partial charge in [0, 0.05) is 4.47 Å². The van der Waals surface area contributed by atoms with Crippen molar-refractivity contribution in [2.45, 2.75) is 46.1 Å². The zero-order valence-corrected chi connectivity index (χ0v) is 14.1. The third kappa shape index (κ3) is 5.87. The molecule has 20 heavy (non-hydrogen) atoms. The summed E-state index contributed by atoms with van der Waals surface area (Å²) in [5.74, 6) is -0.301. The highest BCUT2D eigenvalue weighted by atomic mass is 79.9. The minimum absolute atomic E-state index is 0.0412. The lowest BCUT2D eigenvalue weighted by Crippen LogP contribution is -2.29. The third-order valence-corrected chi connectivity index (χ3v) is 3.50. The lowest BCUT2D eigenvalue weighted by molar-refractivity contribution is -0.146. The van der Waals surface area contributed by atoms with Crippen molar-refractivity contribution in [3.63, 3.8) is 0 Å². The summed E-state index contributed by atoms with van der Waals surface area (Å²) in [5, 5.41) is 7.84. The smallest absolute Gasteiger partial charge is 0.352 e. The summed E-state index contributed by atoms with van der Waals surface area (Å²) in [7, 11) is 0. The van der Waals surface area contributed by atoms with Crippen molar-refractivity contribution in [1.82, 2.24) is 0 Å². The molecule has 0 spiro atoms. The number of benzene rings is 1. The fourth-order valence-corrected chi connectivity index (χ4v) is 2.33. The highest BCUT2D eigenvalue weighted by Gasteiger charge is 2.21. The Hall–Kier alpha value is -1.16. The van der Waals surface area contributed by atoms with E-state index in [0.717, 1.165) is 10.9 Å². The molecule has 0 heterocycles. The van der Waals surface area contributed by atoms with Gasteiger partial charge in [-0.1, -0.05) is 41.1 Å². The van der Waals surface area contributed by atoms with Crippen molar-refractivity contribution in [1.29, 1.82) is 5.41 Å². The summed E-state index contributed by atoms with van der Waals surface area (Å²) in [6, 6.07) is 8.02. The van der Waals surface area contributed by atoms with Crippen molar-refractivity contribution in [2.75, 3.05) is 0 Å². The number of carbonyl (C=O) groups excluding carboxylic acids is 1. The van der Waals surface area contributed by atoms with Crippen LogP contribution in [-0.2, 0) is 16.0 Å². The second kappa shape index (κ2) is 7.02. The number of halogens is 1. The van der Waals surface area contributed by atoms with E-state index in [-0.39, 0.29) is 11.6 Å². The van der Waals surface area contributed by atoms with Crippen molar-refractivity contribution >= 4 is 27.6 Å². The molecule has 4 heteroatoms. The summed E-state index contributed by atoms with van der Waals surface area (Å²) in [6.07, 6.45) is 1.25. The van der Waals surface area contributed by atoms with Crippen LogP contribution in [0.15, 0.2) is 28.7 Å². The van der Waals surface area contributed by atoms with Crippen LogP contribution in [0.4, 0.5) is 0 Å². The van der Waals surface area contributed by atoms with Gasteiger partial charge in [0.1, 0.15) is 11.3 Å². The molecule has 0 bridgehead atoms. The Kier molecular flexibility index (Phi) is 5.93. The minimum Gasteiger partial charge on any atom is -0.456 e. The molecule has 0 amide bonds. The lowest BCUT2D eigenvalue weighted by Gasteiger charge is -2.20. The van der Waals surface area contributed by atoms with Gasteiger partial charge in [-0.15, -0.1) is 0 Å². The summed E-state index contributed by atoms with van der Waals surface area (Å²) in [6.45, 7) is 7.46. The Morgan fingerprint density at radius 3 is 2.50 bits per heavy atom. The number of esters is 1. The fraction of sp³-hybridized carbons (Fsp3) is 0.500. The minimum atomic E-state index is -0.547. The SMILES string of the molecule is C[C@@H](CC(=N)C(=O)OC(C)(C)C)Cc1ccccc1Br. The number of nitrogens with one attached hydrogen (secondary N) is 1. The molecule has 1 aromatic carbocycles. The Labute approximate surface area is 129 Å². The predicted molar refractivity (Wildman–Crippen MR) is 85.2 cm³/mol. The summed E-state index contributed by atoms with van der Waals surface area (Å²) in [5.41, 5.74) is 0.686. The highest BCUT2D eigenvalue weighted by molar-refractivity contribution is 9.10. The van der Waals surface area contributed by atoms with Gasteiger partial charge in [0.25, 0.3) is 0 Å². The molecule has 0 radical (unpaired) electrons. The molecule has 1 N–H and O–H groups in total. The normalized spacial score (nSPS) is 12.8. The second-order valence-corrected chi connectivity index (χ2v) is 6.94. The van der Waals surface area contributed by atoms with Crippen LogP contribution in [0.25, 0.3) is 0 Å². The molecule has 0 aliphatic rings. The van der Waals surface area contributed by atoms with Gasteiger partial charge in [0.15, 0.2) is 0 Å². The van der Waals surface area contributed by atoms with E-state index in [1.165, 1.54) is 5.56 Å². The Morgan fingerprint density at radius 1 is 1.35 bits per heavy atom. The van der Waals surface area contributed by atoms with Crippen molar-refractivity contribution in [3.8, 4) is 0 Å². The van der Waals surface area contributed by atoms with Crippen LogP contribution in [0.5, 0.6) is 0 Å². The molecule has 1 atom stereocenters. The molecule has 0 unspecified atom stereocenters. The number of hydrogen-bond donors (Lipinski definition) is 1. The molecule has 0 saturated heterocycles. The highest BCUT2D eigenvalue weighted by Crippen LogP contribution is 2.21. The molecular weight excluding hydrogens is 318 g/mol. The average Bonchev–Trinajstić information content (AvgIpc) is 2.29. The largest absolute Gasteiger partial charge is 0.456 e. The van der Waals surface area contributed by atoms with Gasteiger partial charge in [-0.3, -0.25) is 5.41 Å². The van der Waals surface area contributed by atoms with Crippen LogP contribution in [0.2, 0.25) is 0 Å². The first-order chi connectivity index (χ1) is 9.19. The first-order valence-corrected chi connectivity index (χ1v) is 7.52. The summed E-state index contributed by atoms with van der Waals surface area (Å²) >= 11 is 3.51. The van der Waals surface area contributed by atoms with E-state index < -0.39 is 11.6 Å². The maximum absolute atomic E-state index is 11.8. The van der Waals surface area contributed by atoms with Crippen molar-refractivity contribution in [2.24, 2.45) is 5.92 Å². The van der Waals surface area contributed by atoms with Gasteiger partial charge in [-0.05, 0) is 51.2 Å². The van der Waals surface area contributed by atoms with Crippen LogP contribution in [0.1, 0.15) is 39.7 Å². The molecule has 0 fully saturated rings. The number of hydrogen-bond acceptors (Lipinski definition) is 3. The first kappa shape index (κ1) is 16.9. The first-order valence-electron chi connectivity index (χ1n) is 6.73. The summed E-state index contributed by atoms with van der Waals surface area (Å²) < 4.78 is 6.27. The fourth-order valence-electron chi connectivity index (χ4n) is 1.88. The topological polar surface area (TPSA) is 50.2 Å². The number of carbonyl (C=O) groups is 1. The Morgan fingerprint density at radius 2 is 1.95 bits per heavy atom. The molecule has 0 saturated carbocycles. The summed E-state index contributed by atoms with van der Waals surface area (Å²) in [4.78, 5) is 11.8. The maximum atomic E-state index is 11.8. The van der Waals surface area contributed by atoms with Crippen molar-refractivity contribution < 1.29 is 9.53 Å². The Balaban J connectivity index is 2.54. The molecule has 1 rings (SSSR count). The van der Waals surface area contributed by atoms with Crippen LogP contribution < -0.4 is 0 Å². The third-order valence-electron chi connectivity index (χ3n) is 2.72. The zero-order valence-electron chi connectivity index (χ0n) is 12.5. The quantitative estimate of drug-likeness (QED) is 0.639. The number of rotatable bonds is 5. The van der Waals surface area contributed by atoms with Crippen LogP contribution in [-0.4, -0.2) is 17.3 Å². The van der Waals surface area contributed by atoms with E-state index in [0.29, 0.717) is 6.42 Å². The van der Waals surface area contributed by atoms with E-state index >= 15 is 0 Å². The Bertz CT molecular complexity index is 491. The molecule has 3 nitrogen and oxygen atoms in total. The standard InChI is InChI=1S/C16H22BrNO2/c1-11(9-12-7-5-6-8-13(12)17)10-14(18)15(19)20-16(2,3)4/h5-8,11,18H,9-10H2,1-4H3/t11-/m1/s1. The van der Waals surface area contributed by atoms with Gasteiger partial charge in [0.2, 0.25) is 0 Å². The van der Waals surface area contributed by atoms with Crippen LogP contribution >= 0.6 is 15.9 Å². The molecule has 1 aromatic rings. The second-order valence-electron chi connectivity index (χ2n) is 6.09. The van der Waals surface area contributed by atoms with Gasteiger partial charge >= 0.3 is 5.97 Å². The average molecular weight is 340 g/mol. The predicted octanol–water partition coefficient (Wildman–Crippen LogP) is 4.38. The van der Waals surface area contributed by atoms with Gasteiger partial charge in [-0.25, -0.2) is 4.79 Å². The number of ether oxygens (including phenoxy) is 1. The van der Waals surface area contributed by atoms with E-state index in [9.17, 15) is 4.79 Å². The zero-order chi connectivity index (χ0) is 15.3. The van der Waals surface area contributed by atoms with E-state index in [4.69, 9.17) is 10.1 Å². The van der Waals surface area contributed by atoms with Crippen molar-refractivity contribution in [3.05, 3.63) is 34.3 Å². The molecule has 0 aromatic heterocycles. The lowest BCUT2D eigenvalue weighted by atomic mass is 9.96. The van der Waals surface area contributed by atoms with Gasteiger partial charge < -0.3 is 4.74 Å². The molecule has 110 valence electrons. The maximum Gasteiger partial charge on any atom is 0.352 e. The van der Waals surface area contributed by atoms with Gasteiger partial charge in [-0.2, -0.15) is 0 Å². The van der Waals surface area contributed by atoms with E-state index in [1.54, 1.807) is 0 Å². The van der Waals surface area contributed by atoms with Crippen LogP contribution in [0, 0.1) is 11.3 Å². The van der Waals surface area contributed by atoms with Crippen LogP contribution in [0.3, 0.4) is 0 Å². The van der Waals surface area contributed by atoms with E-state index in [1.807, 2.05) is 45.9 Å². The monoisotopic (exact) mass is 339 g/mol.